The van der Waals surface area contributed by atoms with Gasteiger partial charge in [0, 0.05) is 5.92 Å². The molecule has 0 bridgehead atoms. The lowest BCUT2D eigenvalue weighted by atomic mass is 10.6. The van der Waals surface area contributed by atoms with Crippen LogP contribution in [0.2, 0.25) is 0 Å². The molecular formula is C6H3N3O3S. The fourth-order valence-electron chi connectivity index (χ4n) is 0.523. The van der Waals surface area contributed by atoms with Crippen LogP contribution in [-0.4, -0.2) is 15.8 Å². The molecule has 0 aliphatic rings. The van der Waals surface area contributed by atoms with Gasteiger partial charge in [-0.1, -0.05) is 0 Å². The van der Waals surface area contributed by atoms with E-state index >= 15 is 0 Å². The van der Waals surface area contributed by atoms with Gasteiger partial charge in [0.05, 0.1) is 4.92 Å². The third kappa shape index (κ3) is 2.53. The highest BCUT2D eigenvalue weighted by atomic mass is 32.1. The molecular weight excluding hydrogens is 194 g/mol. The average molecular weight is 197 g/mol. The van der Waals surface area contributed by atoms with Crippen LogP contribution in [0.3, 0.4) is 0 Å². The van der Waals surface area contributed by atoms with Crippen LogP contribution in [0, 0.1) is 22.0 Å². The Hall–Kier alpha value is -1.94. The summed E-state index contributed by atoms with van der Waals surface area (Å²) in [4.78, 5) is 23.4. The van der Waals surface area contributed by atoms with Crippen LogP contribution < -0.4 is 5.73 Å². The second kappa shape index (κ2) is 3.64. The van der Waals surface area contributed by atoms with Crippen molar-refractivity contribution in [2.24, 2.45) is 5.73 Å². The van der Waals surface area contributed by atoms with Gasteiger partial charge in [-0.25, -0.2) is 4.98 Å². The number of nitrogens with zero attached hydrogens (tertiary/aromatic N) is 2. The number of aromatic nitrogens is 1. The van der Waals surface area contributed by atoms with Crippen LogP contribution >= 0.6 is 11.3 Å². The maximum atomic E-state index is 10.2. The fraction of sp³-hybridized carbons (Fsp3) is 0. The van der Waals surface area contributed by atoms with Crippen molar-refractivity contribution in [1.29, 1.82) is 0 Å². The molecule has 1 aromatic rings. The number of nitro groups is 1. The molecule has 0 unspecified atom stereocenters. The van der Waals surface area contributed by atoms with Gasteiger partial charge in [0.25, 0.3) is 5.91 Å². The standard InChI is InChI=1S/C6H3N3O3S/c7-4(10)1-2-5-8-3-6(13-5)9(11)12/h3H,(H2,7,10). The maximum absolute atomic E-state index is 10.2. The lowest BCUT2D eigenvalue weighted by molar-refractivity contribution is -0.380. The Morgan fingerprint density at radius 2 is 2.46 bits per heavy atom. The second-order valence-corrected chi connectivity index (χ2v) is 2.88. The van der Waals surface area contributed by atoms with Crippen molar-refractivity contribution >= 4 is 22.2 Å². The van der Waals surface area contributed by atoms with Crippen LogP contribution in [0.25, 0.3) is 0 Å². The van der Waals surface area contributed by atoms with Gasteiger partial charge in [-0.05, 0) is 17.3 Å². The van der Waals surface area contributed by atoms with Gasteiger partial charge in [0.2, 0.25) is 0 Å². The topological polar surface area (TPSA) is 99.1 Å². The van der Waals surface area contributed by atoms with Gasteiger partial charge in [-0.3, -0.25) is 14.9 Å². The van der Waals surface area contributed by atoms with Crippen LogP contribution in [0.15, 0.2) is 6.20 Å². The van der Waals surface area contributed by atoms with Gasteiger partial charge in [-0.15, -0.1) is 0 Å². The lowest BCUT2D eigenvalue weighted by Gasteiger charge is -1.76. The van der Waals surface area contributed by atoms with E-state index in [1.165, 1.54) is 0 Å². The first kappa shape index (κ1) is 9.15. The minimum atomic E-state index is -0.794. The summed E-state index contributed by atoms with van der Waals surface area (Å²) >= 11 is 0.791. The van der Waals surface area contributed by atoms with E-state index < -0.39 is 10.8 Å². The van der Waals surface area contributed by atoms with E-state index in [4.69, 9.17) is 5.73 Å². The normalized spacial score (nSPS) is 8.62. The molecule has 1 amide bonds. The van der Waals surface area contributed by atoms with E-state index in [9.17, 15) is 14.9 Å². The lowest BCUT2D eigenvalue weighted by Crippen LogP contribution is -2.06. The van der Waals surface area contributed by atoms with Crippen LogP contribution in [0.1, 0.15) is 5.01 Å². The summed E-state index contributed by atoms with van der Waals surface area (Å²) in [5, 5.41) is 10.3. The first-order chi connectivity index (χ1) is 6.09. The van der Waals surface area contributed by atoms with Crippen molar-refractivity contribution < 1.29 is 9.72 Å². The molecule has 0 aliphatic heterocycles. The molecule has 0 aliphatic carbocycles. The molecule has 0 fully saturated rings. The molecule has 7 heteroatoms. The Bertz CT molecular complexity index is 414. The highest BCUT2D eigenvalue weighted by Gasteiger charge is 2.09. The van der Waals surface area contributed by atoms with Gasteiger partial charge in [0.1, 0.15) is 6.20 Å². The summed E-state index contributed by atoms with van der Waals surface area (Å²) in [5.74, 6) is 3.53. The quantitative estimate of drug-likeness (QED) is 0.385. The number of hydrogen-bond donors (Lipinski definition) is 1. The van der Waals surface area contributed by atoms with E-state index in [0.29, 0.717) is 0 Å². The predicted molar refractivity (Wildman–Crippen MR) is 44.8 cm³/mol. The first-order valence-electron chi connectivity index (χ1n) is 3.01. The SMILES string of the molecule is NC(=O)C#Cc1ncc([N+](=O)[O-])s1. The molecule has 0 saturated heterocycles. The van der Waals surface area contributed by atoms with Gasteiger partial charge < -0.3 is 5.73 Å². The Labute approximate surface area is 76.5 Å². The summed E-state index contributed by atoms with van der Waals surface area (Å²) in [6.45, 7) is 0. The van der Waals surface area contributed by atoms with Crippen molar-refractivity contribution in [3.8, 4) is 11.8 Å². The van der Waals surface area contributed by atoms with Gasteiger partial charge in [-0.2, -0.15) is 0 Å². The molecule has 0 saturated carbocycles. The molecule has 13 heavy (non-hydrogen) atoms. The van der Waals surface area contributed by atoms with Gasteiger partial charge >= 0.3 is 5.00 Å². The van der Waals surface area contributed by atoms with E-state index in [1.54, 1.807) is 0 Å². The number of carbonyl (C=O) groups is 1. The molecule has 1 rings (SSSR count). The molecule has 0 spiro atoms. The molecule has 0 atom stereocenters. The zero-order chi connectivity index (χ0) is 9.84. The maximum Gasteiger partial charge on any atom is 0.344 e. The monoisotopic (exact) mass is 197 g/mol. The van der Waals surface area contributed by atoms with Crippen molar-refractivity contribution in [2.45, 2.75) is 0 Å². The van der Waals surface area contributed by atoms with E-state index in [1.807, 2.05) is 5.92 Å². The number of amides is 1. The smallest absolute Gasteiger partial charge is 0.344 e. The molecule has 1 aromatic heterocycles. The molecule has 0 radical (unpaired) electrons. The Balaban J connectivity index is 2.89. The first-order valence-corrected chi connectivity index (χ1v) is 3.83. The highest BCUT2D eigenvalue weighted by molar-refractivity contribution is 7.15. The summed E-state index contributed by atoms with van der Waals surface area (Å²) in [5.41, 5.74) is 4.74. The largest absolute Gasteiger partial charge is 0.359 e. The average Bonchev–Trinajstić information content (AvgIpc) is 2.48. The Kier molecular flexibility index (Phi) is 2.56. The Morgan fingerprint density at radius 1 is 1.77 bits per heavy atom. The summed E-state index contributed by atoms with van der Waals surface area (Å²) in [6.07, 6.45) is 1.08. The van der Waals surface area contributed by atoms with E-state index in [-0.39, 0.29) is 10.0 Å². The van der Waals surface area contributed by atoms with Crippen LogP contribution in [0.5, 0.6) is 0 Å². The minimum absolute atomic E-state index is 0.117. The van der Waals surface area contributed by atoms with Crippen LogP contribution in [-0.2, 0) is 4.79 Å². The van der Waals surface area contributed by atoms with Crippen molar-refractivity contribution in [2.75, 3.05) is 0 Å². The predicted octanol–water partition coefficient (Wildman–Crippen LogP) is -0.112. The van der Waals surface area contributed by atoms with Crippen molar-refractivity contribution in [3.05, 3.63) is 21.3 Å². The second-order valence-electron chi connectivity index (χ2n) is 1.88. The molecule has 2 N–H and O–H groups in total. The highest BCUT2D eigenvalue weighted by Crippen LogP contribution is 2.19. The minimum Gasteiger partial charge on any atom is -0.359 e. The van der Waals surface area contributed by atoms with E-state index in [0.717, 1.165) is 17.5 Å². The molecule has 6 nitrogen and oxygen atoms in total. The summed E-state index contributed by atoms with van der Waals surface area (Å²) in [7, 11) is 0. The zero-order valence-electron chi connectivity index (χ0n) is 6.18. The third-order valence-electron chi connectivity index (χ3n) is 0.966. The molecule has 1 heterocycles. The number of rotatable bonds is 1. The number of primary amides is 1. The number of thiazole rings is 1. The summed E-state index contributed by atoms with van der Waals surface area (Å²) in [6, 6.07) is 0. The number of hydrogen-bond acceptors (Lipinski definition) is 5. The molecule has 66 valence electrons. The van der Waals surface area contributed by atoms with E-state index in [2.05, 4.69) is 10.9 Å². The zero-order valence-corrected chi connectivity index (χ0v) is 7.00. The number of nitrogens with two attached hydrogens (primary N) is 1. The van der Waals surface area contributed by atoms with Gasteiger partial charge in [0.15, 0.2) is 5.01 Å². The van der Waals surface area contributed by atoms with Crippen LogP contribution in [0.4, 0.5) is 5.00 Å². The third-order valence-corrected chi connectivity index (χ3v) is 1.83. The van der Waals surface area contributed by atoms with Crippen molar-refractivity contribution in [1.82, 2.24) is 4.98 Å². The Morgan fingerprint density at radius 3 is 2.92 bits per heavy atom. The van der Waals surface area contributed by atoms with Crippen molar-refractivity contribution in [3.63, 3.8) is 0 Å². The number of carbonyl (C=O) groups excluding carboxylic acids is 1. The fourth-order valence-corrected chi connectivity index (χ4v) is 1.11. The summed E-state index contributed by atoms with van der Waals surface area (Å²) < 4.78 is 0. The molecule has 0 aromatic carbocycles.